The molecule has 0 heterocycles. The number of amides is 1. The lowest BCUT2D eigenvalue weighted by Gasteiger charge is -2.17. The van der Waals surface area contributed by atoms with E-state index >= 15 is 0 Å². The van der Waals surface area contributed by atoms with Gasteiger partial charge in [0.1, 0.15) is 12.4 Å². The molecule has 2 N–H and O–H groups in total. The first-order valence-electron chi connectivity index (χ1n) is 8.74. The molecule has 0 aliphatic heterocycles. The Bertz CT molecular complexity index is 753. The monoisotopic (exact) mass is 341 g/mol. The van der Waals surface area contributed by atoms with Gasteiger partial charge in [0, 0.05) is 17.7 Å². The zero-order valence-electron chi connectivity index (χ0n) is 15.5. The van der Waals surface area contributed by atoms with Crippen molar-refractivity contribution in [2.45, 2.75) is 53.8 Å². The zero-order valence-corrected chi connectivity index (χ0v) is 15.5. The minimum atomic E-state index is -0.0951. The molecule has 0 fully saturated rings. The zero-order chi connectivity index (χ0) is 18.4. The number of aliphatic hydroxyl groups is 1. The third kappa shape index (κ3) is 4.60. The molecule has 0 atom stereocenters. The van der Waals surface area contributed by atoms with Crippen molar-refractivity contribution in [3.05, 3.63) is 58.1 Å². The Morgan fingerprint density at radius 2 is 1.84 bits per heavy atom. The Balaban J connectivity index is 2.31. The van der Waals surface area contributed by atoms with Gasteiger partial charge in [-0.2, -0.15) is 0 Å². The molecule has 134 valence electrons. The first-order chi connectivity index (χ1) is 12.0. The van der Waals surface area contributed by atoms with Crippen LogP contribution in [0.3, 0.4) is 0 Å². The molecule has 2 rings (SSSR count). The number of nitrogens with one attached hydrogen (secondary N) is 1. The molecule has 2 aromatic rings. The third-order valence-corrected chi connectivity index (χ3v) is 4.47. The molecule has 0 saturated heterocycles. The van der Waals surface area contributed by atoms with Crippen LogP contribution in [0.2, 0.25) is 0 Å². The highest BCUT2D eigenvalue weighted by molar-refractivity contribution is 5.91. The molecule has 0 aromatic heterocycles. The molecule has 0 saturated carbocycles. The smallest absolute Gasteiger partial charge is 0.224 e. The molecule has 0 radical (unpaired) electrons. The van der Waals surface area contributed by atoms with Crippen molar-refractivity contribution >= 4 is 11.6 Å². The van der Waals surface area contributed by atoms with Crippen LogP contribution in [0.25, 0.3) is 0 Å². The van der Waals surface area contributed by atoms with Gasteiger partial charge in [0.05, 0.1) is 6.61 Å². The summed E-state index contributed by atoms with van der Waals surface area (Å²) in [6, 6.07) is 9.73. The number of hydrogen-bond donors (Lipinski definition) is 2. The molecule has 25 heavy (non-hydrogen) atoms. The van der Waals surface area contributed by atoms with Crippen molar-refractivity contribution in [2.24, 2.45) is 0 Å². The SMILES string of the molecule is CCC(=O)Nc1cccc(CO)c1COc1cc(C)c(C)cc1CC. The van der Waals surface area contributed by atoms with Crippen LogP contribution in [-0.2, 0) is 24.4 Å². The van der Waals surface area contributed by atoms with Crippen molar-refractivity contribution in [1.29, 1.82) is 0 Å². The molecule has 1 amide bonds. The third-order valence-electron chi connectivity index (χ3n) is 4.47. The molecule has 4 nitrogen and oxygen atoms in total. The summed E-state index contributed by atoms with van der Waals surface area (Å²) in [7, 11) is 0. The maximum Gasteiger partial charge on any atom is 0.224 e. The first-order valence-corrected chi connectivity index (χ1v) is 8.74. The number of hydrogen-bond acceptors (Lipinski definition) is 3. The lowest BCUT2D eigenvalue weighted by atomic mass is 10.0. The van der Waals surface area contributed by atoms with Crippen LogP contribution in [0.4, 0.5) is 5.69 Å². The van der Waals surface area contributed by atoms with Crippen LogP contribution < -0.4 is 10.1 Å². The van der Waals surface area contributed by atoms with Gasteiger partial charge in [-0.25, -0.2) is 0 Å². The van der Waals surface area contributed by atoms with Gasteiger partial charge in [0.2, 0.25) is 5.91 Å². The lowest BCUT2D eigenvalue weighted by Crippen LogP contribution is -2.13. The van der Waals surface area contributed by atoms with Gasteiger partial charge in [0.15, 0.2) is 0 Å². The minimum absolute atomic E-state index is 0.0585. The van der Waals surface area contributed by atoms with Gasteiger partial charge in [-0.3, -0.25) is 4.79 Å². The summed E-state index contributed by atoms with van der Waals surface area (Å²) in [5.74, 6) is 0.794. The van der Waals surface area contributed by atoms with E-state index in [1.54, 1.807) is 0 Å². The molecule has 2 aromatic carbocycles. The number of benzene rings is 2. The summed E-state index contributed by atoms with van der Waals surface area (Å²) in [5.41, 5.74) is 5.85. The highest BCUT2D eigenvalue weighted by atomic mass is 16.5. The van der Waals surface area contributed by atoms with Crippen LogP contribution >= 0.6 is 0 Å². The van der Waals surface area contributed by atoms with Crippen LogP contribution in [0, 0.1) is 13.8 Å². The molecule has 0 aliphatic rings. The van der Waals surface area contributed by atoms with Crippen molar-refractivity contribution < 1.29 is 14.6 Å². The summed E-state index contributed by atoms with van der Waals surface area (Å²) in [6.45, 7) is 8.27. The Morgan fingerprint density at radius 1 is 1.12 bits per heavy atom. The van der Waals surface area contributed by atoms with Crippen molar-refractivity contribution in [3.63, 3.8) is 0 Å². The Labute approximate surface area is 149 Å². The highest BCUT2D eigenvalue weighted by Crippen LogP contribution is 2.27. The minimum Gasteiger partial charge on any atom is -0.489 e. The van der Waals surface area contributed by atoms with Gasteiger partial charge in [-0.1, -0.05) is 32.0 Å². The fraction of sp³-hybridized carbons (Fsp3) is 0.381. The molecule has 0 bridgehead atoms. The Morgan fingerprint density at radius 3 is 2.48 bits per heavy atom. The number of anilines is 1. The van der Waals surface area contributed by atoms with E-state index in [4.69, 9.17) is 4.74 Å². The Hall–Kier alpha value is -2.33. The van der Waals surface area contributed by atoms with E-state index in [0.29, 0.717) is 18.7 Å². The average molecular weight is 341 g/mol. The van der Waals surface area contributed by atoms with Crippen LogP contribution in [0.5, 0.6) is 5.75 Å². The predicted octanol–water partition coefficient (Wildman–Crippen LogP) is 4.29. The van der Waals surface area contributed by atoms with E-state index in [1.165, 1.54) is 11.1 Å². The van der Waals surface area contributed by atoms with Gasteiger partial charge in [-0.15, -0.1) is 0 Å². The summed E-state index contributed by atoms with van der Waals surface area (Å²) in [4.78, 5) is 11.8. The van der Waals surface area contributed by atoms with Gasteiger partial charge >= 0.3 is 0 Å². The van der Waals surface area contributed by atoms with Gasteiger partial charge in [0.25, 0.3) is 0 Å². The first kappa shape index (κ1) is 19.0. The Kier molecular flexibility index (Phi) is 6.59. The number of carbonyl (C=O) groups excluding carboxylic acids is 1. The number of rotatable bonds is 7. The summed E-state index contributed by atoms with van der Waals surface area (Å²) in [5, 5.41) is 12.5. The summed E-state index contributed by atoms with van der Waals surface area (Å²) in [6.07, 6.45) is 1.29. The predicted molar refractivity (Wildman–Crippen MR) is 101 cm³/mol. The van der Waals surface area contributed by atoms with Crippen molar-refractivity contribution in [1.82, 2.24) is 0 Å². The van der Waals surface area contributed by atoms with Crippen LogP contribution in [0.1, 0.15) is 48.1 Å². The largest absolute Gasteiger partial charge is 0.489 e. The van der Waals surface area contributed by atoms with Crippen LogP contribution in [0.15, 0.2) is 30.3 Å². The topological polar surface area (TPSA) is 58.6 Å². The summed E-state index contributed by atoms with van der Waals surface area (Å²) >= 11 is 0. The molecule has 0 unspecified atom stereocenters. The van der Waals surface area contributed by atoms with E-state index in [2.05, 4.69) is 38.2 Å². The second-order valence-electron chi connectivity index (χ2n) is 6.19. The maximum atomic E-state index is 11.8. The van der Waals surface area contributed by atoms with E-state index < -0.39 is 0 Å². The van der Waals surface area contributed by atoms with Crippen LogP contribution in [-0.4, -0.2) is 11.0 Å². The van der Waals surface area contributed by atoms with E-state index in [0.717, 1.165) is 28.9 Å². The van der Waals surface area contributed by atoms with E-state index in [1.807, 2.05) is 25.1 Å². The standard InChI is InChI=1S/C21H27NO3/c1-5-16-10-14(3)15(4)11-20(16)25-13-18-17(12-23)8-7-9-19(18)22-21(24)6-2/h7-11,23H,5-6,12-13H2,1-4H3,(H,22,24). The quantitative estimate of drug-likeness (QED) is 0.790. The second kappa shape index (κ2) is 8.67. The van der Waals surface area contributed by atoms with Crippen molar-refractivity contribution in [2.75, 3.05) is 5.32 Å². The van der Waals surface area contributed by atoms with Crippen molar-refractivity contribution in [3.8, 4) is 5.75 Å². The van der Waals surface area contributed by atoms with Gasteiger partial charge in [-0.05, 0) is 54.7 Å². The second-order valence-corrected chi connectivity index (χ2v) is 6.19. The summed E-state index contributed by atoms with van der Waals surface area (Å²) < 4.78 is 6.09. The molecular weight excluding hydrogens is 314 g/mol. The molecular formula is C21H27NO3. The molecule has 0 spiro atoms. The fourth-order valence-electron chi connectivity index (χ4n) is 2.72. The number of aryl methyl sites for hydroxylation is 3. The lowest BCUT2D eigenvalue weighted by molar-refractivity contribution is -0.115. The highest BCUT2D eigenvalue weighted by Gasteiger charge is 2.12. The number of aliphatic hydroxyl groups excluding tert-OH is 1. The number of carbonyl (C=O) groups is 1. The average Bonchev–Trinajstić information content (AvgIpc) is 2.62. The van der Waals surface area contributed by atoms with E-state index in [-0.39, 0.29) is 12.5 Å². The number of ether oxygens (including phenoxy) is 1. The molecule has 0 aliphatic carbocycles. The molecule has 4 heteroatoms. The maximum absolute atomic E-state index is 11.8. The normalized spacial score (nSPS) is 10.6. The fourth-order valence-corrected chi connectivity index (χ4v) is 2.72. The van der Waals surface area contributed by atoms with E-state index in [9.17, 15) is 9.90 Å². The van der Waals surface area contributed by atoms with Gasteiger partial charge < -0.3 is 15.2 Å².